The smallest absolute Gasteiger partial charge is 0.237 e. The van der Waals surface area contributed by atoms with Crippen LogP contribution in [0, 0.1) is 0 Å². The summed E-state index contributed by atoms with van der Waals surface area (Å²) in [6, 6.07) is 16.1. The van der Waals surface area contributed by atoms with Crippen molar-refractivity contribution in [3.63, 3.8) is 0 Å². The van der Waals surface area contributed by atoms with E-state index in [1.54, 1.807) is 0 Å². The number of carbonyl (C=O) groups is 1. The number of ether oxygens (including phenoxy) is 2. The maximum atomic E-state index is 13.1. The predicted molar refractivity (Wildman–Crippen MR) is 111 cm³/mol. The summed E-state index contributed by atoms with van der Waals surface area (Å²) in [4.78, 5) is 17.1. The van der Waals surface area contributed by atoms with Crippen molar-refractivity contribution in [2.45, 2.75) is 39.4 Å². The van der Waals surface area contributed by atoms with Crippen LogP contribution in [-0.4, -0.2) is 48.1 Å². The lowest BCUT2D eigenvalue weighted by atomic mass is 10.0. The molecule has 1 aliphatic rings. The lowest BCUT2D eigenvalue weighted by Crippen LogP contribution is -2.48. The van der Waals surface area contributed by atoms with Crippen LogP contribution >= 0.6 is 0 Å². The lowest BCUT2D eigenvalue weighted by molar-refractivity contribution is -0.137. The van der Waals surface area contributed by atoms with Crippen LogP contribution in [0.25, 0.3) is 0 Å². The molecule has 0 saturated heterocycles. The zero-order valence-corrected chi connectivity index (χ0v) is 17.3. The van der Waals surface area contributed by atoms with Gasteiger partial charge in [-0.05, 0) is 51.1 Å². The third-order valence-corrected chi connectivity index (χ3v) is 4.76. The van der Waals surface area contributed by atoms with E-state index < -0.39 is 0 Å². The first-order chi connectivity index (χ1) is 13.3. The van der Waals surface area contributed by atoms with E-state index in [1.165, 1.54) is 0 Å². The molecular formula is C23H30N2O3. The van der Waals surface area contributed by atoms with Gasteiger partial charge in [-0.25, -0.2) is 0 Å². The number of likely N-dealkylation sites (N-methyl/N-ethyl adjacent to an activating group) is 1. The van der Waals surface area contributed by atoms with E-state index in [9.17, 15) is 4.79 Å². The molecule has 0 fully saturated rings. The van der Waals surface area contributed by atoms with Gasteiger partial charge in [-0.1, -0.05) is 36.4 Å². The van der Waals surface area contributed by atoms with Crippen LogP contribution in [0.5, 0.6) is 11.5 Å². The van der Waals surface area contributed by atoms with Crippen LogP contribution in [0.1, 0.15) is 31.9 Å². The molecule has 0 unspecified atom stereocenters. The molecule has 0 aliphatic carbocycles. The summed E-state index contributed by atoms with van der Waals surface area (Å²) in [5.41, 5.74) is 2.00. The number of amides is 1. The lowest BCUT2D eigenvalue weighted by Gasteiger charge is -2.37. The molecule has 0 spiro atoms. The fourth-order valence-corrected chi connectivity index (χ4v) is 3.34. The highest BCUT2D eigenvalue weighted by Gasteiger charge is 2.27. The molecule has 1 heterocycles. The molecule has 5 heteroatoms. The van der Waals surface area contributed by atoms with Crippen LogP contribution in [0.2, 0.25) is 0 Å². The van der Waals surface area contributed by atoms with Gasteiger partial charge in [0.2, 0.25) is 5.91 Å². The van der Waals surface area contributed by atoms with Crippen LogP contribution < -0.4 is 9.47 Å². The van der Waals surface area contributed by atoms with Gasteiger partial charge in [0.05, 0.1) is 6.54 Å². The predicted octanol–water partition coefficient (Wildman–Crippen LogP) is 3.72. The molecule has 0 bridgehead atoms. The third kappa shape index (κ3) is 5.26. The summed E-state index contributed by atoms with van der Waals surface area (Å²) in [5, 5.41) is 0. The maximum Gasteiger partial charge on any atom is 0.237 e. The van der Waals surface area contributed by atoms with Crippen molar-refractivity contribution in [3.05, 3.63) is 59.7 Å². The monoisotopic (exact) mass is 382 g/mol. The summed E-state index contributed by atoms with van der Waals surface area (Å²) < 4.78 is 11.2. The average Bonchev–Trinajstić information content (AvgIpc) is 2.65. The van der Waals surface area contributed by atoms with Crippen molar-refractivity contribution in [1.82, 2.24) is 9.80 Å². The molecule has 2 aromatic carbocycles. The number of hydrogen-bond donors (Lipinski definition) is 0. The maximum absolute atomic E-state index is 13.1. The molecule has 0 atom stereocenters. The molecule has 1 aliphatic heterocycles. The SMILES string of the molecule is CN(CC(=O)N(Cc1ccccc1)C(C)(C)C)Cc1ccc2c(c1)OCCO2. The van der Waals surface area contributed by atoms with Crippen molar-refractivity contribution in [1.29, 1.82) is 0 Å². The summed E-state index contributed by atoms with van der Waals surface area (Å²) >= 11 is 0. The molecular weight excluding hydrogens is 352 g/mol. The normalized spacial score (nSPS) is 13.5. The van der Waals surface area contributed by atoms with E-state index in [-0.39, 0.29) is 11.4 Å². The third-order valence-electron chi connectivity index (χ3n) is 4.76. The van der Waals surface area contributed by atoms with Crippen molar-refractivity contribution >= 4 is 5.91 Å². The number of rotatable bonds is 6. The Morgan fingerprint density at radius 2 is 1.61 bits per heavy atom. The molecule has 1 amide bonds. The topological polar surface area (TPSA) is 42.0 Å². The van der Waals surface area contributed by atoms with Gasteiger partial charge >= 0.3 is 0 Å². The van der Waals surface area contributed by atoms with E-state index in [1.807, 2.05) is 53.2 Å². The Morgan fingerprint density at radius 1 is 0.929 bits per heavy atom. The molecule has 0 aromatic heterocycles. The number of carbonyl (C=O) groups excluding carboxylic acids is 1. The van der Waals surface area contributed by atoms with Gasteiger partial charge in [0, 0.05) is 18.6 Å². The molecule has 3 rings (SSSR count). The highest BCUT2D eigenvalue weighted by Crippen LogP contribution is 2.31. The summed E-state index contributed by atoms with van der Waals surface area (Å²) in [7, 11) is 1.97. The Balaban J connectivity index is 1.64. The Kier molecular flexibility index (Phi) is 6.25. The van der Waals surface area contributed by atoms with Crippen LogP contribution in [0.15, 0.2) is 48.5 Å². The highest BCUT2D eigenvalue weighted by molar-refractivity contribution is 5.79. The van der Waals surface area contributed by atoms with Crippen LogP contribution in [0.3, 0.4) is 0 Å². The average molecular weight is 383 g/mol. The summed E-state index contributed by atoms with van der Waals surface area (Å²) in [6.07, 6.45) is 0. The van der Waals surface area contributed by atoms with Crippen molar-refractivity contribution in [2.24, 2.45) is 0 Å². The summed E-state index contributed by atoms with van der Waals surface area (Å²) in [6.45, 7) is 9.04. The van der Waals surface area contributed by atoms with E-state index in [4.69, 9.17) is 9.47 Å². The van der Waals surface area contributed by atoms with E-state index in [2.05, 4.69) is 32.9 Å². The van der Waals surface area contributed by atoms with Crippen molar-refractivity contribution in [2.75, 3.05) is 26.8 Å². The van der Waals surface area contributed by atoms with Gasteiger partial charge in [-0.2, -0.15) is 0 Å². The Hall–Kier alpha value is -2.53. The van der Waals surface area contributed by atoms with Gasteiger partial charge in [0.25, 0.3) is 0 Å². The number of nitrogens with zero attached hydrogens (tertiary/aromatic N) is 2. The Morgan fingerprint density at radius 3 is 2.29 bits per heavy atom. The number of benzene rings is 2. The first kappa shape index (κ1) is 20.2. The fourth-order valence-electron chi connectivity index (χ4n) is 3.34. The van der Waals surface area contributed by atoms with Crippen molar-refractivity contribution in [3.8, 4) is 11.5 Å². The first-order valence-electron chi connectivity index (χ1n) is 9.74. The standard InChI is InChI=1S/C23H30N2O3/c1-23(2,3)25(16-18-8-6-5-7-9-18)22(26)17-24(4)15-19-10-11-20-21(14-19)28-13-12-27-20/h5-11,14H,12-13,15-17H2,1-4H3. The molecule has 2 aromatic rings. The minimum absolute atomic E-state index is 0.122. The molecule has 28 heavy (non-hydrogen) atoms. The minimum Gasteiger partial charge on any atom is -0.486 e. The quantitative estimate of drug-likeness (QED) is 0.764. The second-order valence-electron chi connectivity index (χ2n) is 8.29. The van der Waals surface area contributed by atoms with Gasteiger partial charge in [-0.3, -0.25) is 9.69 Å². The Labute approximate surface area is 167 Å². The van der Waals surface area contributed by atoms with Crippen molar-refractivity contribution < 1.29 is 14.3 Å². The Bertz CT molecular complexity index is 799. The second-order valence-corrected chi connectivity index (χ2v) is 8.29. The number of hydrogen-bond acceptors (Lipinski definition) is 4. The molecule has 5 nitrogen and oxygen atoms in total. The molecule has 150 valence electrons. The second kappa shape index (κ2) is 8.65. The van der Waals surface area contributed by atoms with Gasteiger partial charge in [-0.15, -0.1) is 0 Å². The zero-order chi connectivity index (χ0) is 20.1. The largest absolute Gasteiger partial charge is 0.486 e. The number of fused-ring (bicyclic) bond motifs is 1. The van der Waals surface area contributed by atoms with E-state index >= 15 is 0 Å². The van der Waals surface area contributed by atoms with Crippen LogP contribution in [0.4, 0.5) is 0 Å². The van der Waals surface area contributed by atoms with Gasteiger partial charge in [0.1, 0.15) is 13.2 Å². The molecule has 0 N–H and O–H groups in total. The van der Waals surface area contributed by atoms with E-state index in [0.717, 1.165) is 22.6 Å². The van der Waals surface area contributed by atoms with Crippen LogP contribution in [-0.2, 0) is 17.9 Å². The minimum atomic E-state index is -0.245. The van der Waals surface area contributed by atoms with Gasteiger partial charge < -0.3 is 14.4 Å². The summed E-state index contributed by atoms with van der Waals surface area (Å²) in [5.74, 6) is 1.69. The van der Waals surface area contributed by atoms with E-state index in [0.29, 0.717) is 32.8 Å². The molecule has 0 saturated carbocycles. The fraction of sp³-hybridized carbons (Fsp3) is 0.435. The molecule has 0 radical (unpaired) electrons. The van der Waals surface area contributed by atoms with Gasteiger partial charge in [0.15, 0.2) is 11.5 Å². The first-order valence-corrected chi connectivity index (χ1v) is 9.74. The highest BCUT2D eigenvalue weighted by atomic mass is 16.6. The zero-order valence-electron chi connectivity index (χ0n) is 17.3.